The molecule has 2 aromatic carbocycles. The Kier molecular flexibility index (Phi) is 7.19. The van der Waals surface area contributed by atoms with E-state index in [4.69, 9.17) is 0 Å². The normalized spacial score (nSPS) is 11.2. The van der Waals surface area contributed by atoms with Crippen molar-refractivity contribution in [2.45, 2.75) is 19.0 Å². The molecule has 1 N–H and O–H groups in total. The molecule has 2 aromatic heterocycles. The number of benzene rings is 2. The molecule has 32 heavy (non-hydrogen) atoms. The molecule has 0 spiro atoms. The van der Waals surface area contributed by atoms with Crippen LogP contribution in [0.2, 0.25) is 0 Å². The molecular weight excluding hydrogens is 506 g/mol. The Morgan fingerprint density at radius 3 is 2.41 bits per heavy atom. The summed E-state index contributed by atoms with van der Waals surface area (Å²) in [4.78, 5) is 13.3. The monoisotopic (exact) mass is 525 g/mol. The minimum atomic E-state index is -0.211. The van der Waals surface area contributed by atoms with Crippen molar-refractivity contribution in [2.24, 2.45) is 5.10 Å². The number of nitrogens with zero attached hydrogens (tertiary/aromatic N) is 4. The van der Waals surface area contributed by atoms with E-state index in [0.29, 0.717) is 5.16 Å². The molecule has 0 atom stereocenters. The van der Waals surface area contributed by atoms with E-state index in [9.17, 15) is 4.79 Å². The molecule has 0 aliphatic rings. The number of hydrogen-bond donors (Lipinski definition) is 1. The number of aryl methyl sites for hydroxylation is 2. The zero-order valence-electron chi connectivity index (χ0n) is 17.4. The number of thiophene rings is 1. The minimum absolute atomic E-state index is 0.170. The second kappa shape index (κ2) is 10.2. The molecule has 0 radical (unpaired) electrons. The van der Waals surface area contributed by atoms with Gasteiger partial charge in [-0.15, -0.1) is 21.5 Å². The van der Waals surface area contributed by atoms with Crippen LogP contribution in [0.4, 0.5) is 0 Å². The first-order valence-electron chi connectivity index (χ1n) is 9.79. The minimum Gasteiger partial charge on any atom is -0.272 e. The molecule has 162 valence electrons. The average molecular weight is 526 g/mol. The summed E-state index contributed by atoms with van der Waals surface area (Å²) in [5.74, 6) is 0.693. The van der Waals surface area contributed by atoms with Gasteiger partial charge in [0.15, 0.2) is 11.0 Å². The van der Waals surface area contributed by atoms with Gasteiger partial charge in [-0.05, 0) is 54.0 Å². The number of aromatic nitrogens is 3. The Hall–Kier alpha value is -2.75. The van der Waals surface area contributed by atoms with Crippen molar-refractivity contribution in [1.29, 1.82) is 0 Å². The number of carbonyl (C=O) groups is 1. The van der Waals surface area contributed by atoms with Crippen LogP contribution < -0.4 is 5.43 Å². The molecule has 0 saturated carbocycles. The van der Waals surface area contributed by atoms with Crippen LogP contribution in [0, 0.1) is 13.8 Å². The Bertz CT molecular complexity index is 1250. The fourth-order valence-corrected chi connectivity index (χ4v) is 4.95. The smallest absolute Gasteiger partial charge is 0.250 e. The van der Waals surface area contributed by atoms with Crippen molar-refractivity contribution in [3.8, 4) is 17.1 Å². The summed E-state index contributed by atoms with van der Waals surface area (Å²) in [6.07, 6.45) is 1.63. The van der Waals surface area contributed by atoms with E-state index < -0.39 is 0 Å². The maximum absolute atomic E-state index is 12.3. The summed E-state index contributed by atoms with van der Waals surface area (Å²) < 4.78 is 3.00. The molecule has 0 aliphatic carbocycles. The third-order valence-corrected chi connectivity index (χ3v) is 7.03. The fraction of sp³-hybridized carbons (Fsp3) is 0.130. The Balaban J connectivity index is 1.52. The highest BCUT2D eigenvalue weighted by atomic mass is 79.9. The van der Waals surface area contributed by atoms with Crippen LogP contribution in [0.15, 0.2) is 74.7 Å². The summed E-state index contributed by atoms with van der Waals surface area (Å²) >= 11 is 6.27. The largest absolute Gasteiger partial charge is 0.272 e. The molecule has 4 rings (SSSR count). The molecule has 6 nitrogen and oxygen atoms in total. The third kappa shape index (κ3) is 5.53. The van der Waals surface area contributed by atoms with E-state index in [1.54, 1.807) is 17.6 Å². The third-order valence-electron chi connectivity index (χ3n) is 4.54. The van der Waals surface area contributed by atoms with Gasteiger partial charge in [0.25, 0.3) is 5.91 Å². The van der Waals surface area contributed by atoms with Gasteiger partial charge in [-0.2, -0.15) is 5.10 Å². The number of hydrazone groups is 1. The predicted molar refractivity (Wildman–Crippen MR) is 135 cm³/mol. The highest BCUT2D eigenvalue weighted by Gasteiger charge is 2.17. The van der Waals surface area contributed by atoms with Gasteiger partial charge >= 0.3 is 0 Å². The molecule has 4 aromatic rings. The van der Waals surface area contributed by atoms with Gasteiger partial charge < -0.3 is 0 Å². The van der Waals surface area contributed by atoms with Crippen LogP contribution in [0.25, 0.3) is 17.1 Å². The molecule has 2 heterocycles. The lowest BCUT2D eigenvalue weighted by atomic mass is 10.1. The quantitative estimate of drug-likeness (QED) is 0.193. The summed E-state index contributed by atoms with van der Waals surface area (Å²) in [6.45, 7) is 4.10. The van der Waals surface area contributed by atoms with Gasteiger partial charge in [0, 0.05) is 16.1 Å². The molecule has 0 saturated heterocycles. The number of rotatable bonds is 7. The highest BCUT2D eigenvalue weighted by molar-refractivity contribution is 9.11. The van der Waals surface area contributed by atoms with Crippen LogP contribution in [-0.4, -0.2) is 32.6 Å². The lowest BCUT2D eigenvalue weighted by Crippen LogP contribution is -2.19. The number of amides is 1. The highest BCUT2D eigenvalue weighted by Crippen LogP contribution is 2.28. The summed E-state index contributed by atoms with van der Waals surface area (Å²) in [5, 5.41) is 13.5. The molecule has 0 bridgehead atoms. The van der Waals surface area contributed by atoms with Crippen molar-refractivity contribution in [1.82, 2.24) is 20.2 Å². The van der Waals surface area contributed by atoms with Gasteiger partial charge in [0.2, 0.25) is 0 Å². The molecule has 1 amide bonds. The van der Waals surface area contributed by atoms with E-state index in [2.05, 4.69) is 36.7 Å². The van der Waals surface area contributed by atoms with Crippen molar-refractivity contribution >= 4 is 51.2 Å². The lowest BCUT2D eigenvalue weighted by Gasteiger charge is -2.11. The molecule has 9 heteroatoms. The van der Waals surface area contributed by atoms with E-state index in [0.717, 1.165) is 25.7 Å². The second-order valence-electron chi connectivity index (χ2n) is 7.07. The summed E-state index contributed by atoms with van der Waals surface area (Å²) in [5.41, 5.74) is 6.82. The van der Waals surface area contributed by atoms with E-state index in [1.807, 2.05) is 79.1 Å². The average Bonchev–Trinajstić information content (AvgIpc) is 3.39. The summed E-state index contributed by atoms with van der Waals surface area (Å²) in [6, 6.07) is 20.2. The van der Waals surface area contributed by atoms with Crippen LogP contribution >= 0.6 is 39.0 Å². The Morgan fingerprint density at radius 2 is 1.75 bits per heavy atom. The molecule has 0 fully saturated rings. The van der Waals surface area contributed by atoms with E-state index in [1.165, 1.54) is 22.9 Å². The fourth-order valence-electron chi connectivity index (χ4n) is 2.91. The van der Waals surface area contributed by atoms with Crippen molar-refractivity contribution < 1.29 is 4.79 Å². The van der Waals surface area contributed by atoms with Gasteiger partial charge in [-0.1, -0.05) is 59.3 Å². The van der Waals surface area contributed by atoms with Crippen LogP contribution in [-0.2, 0) is 4.79 Å². The molecule has 0 unspecified atom stereocenters. The van der Waals surface area contributed by atoms with Gasteiger partial charge in [0.1, 0.15) is 0 Å². The first-order chi connectivity index (χ1) is 15.5. The standard InChI is InChI=1S/C23H20BrN5OS2/c1-15-3-7-17(8-4-15)22-27-28-23(29(22)18-9-5-16(2)6-10-18)31-14-21(30)26-25-13-19-11-12-20(24)32-19/h3-13H,14H2,1-2H3,(H,26,30). The van der Waals surface area contributed by atoms with Crippen LogP contribution in [0.5, 0.6) is 0 Å². The van der Waals surface area contributed by atoms with Crippen molar-refractivity contribution in [3.05, 3.63) is 80.5 Å². The predicted octanol–water partition coefficient (Wildman–Crippen LogP) is 5.62. The lowest BCUT2D eigenvalue weighted by molar-refractivity contribution is -0.118. The maximum atomic E-state index is 12.3. The van der Waals surface area contributed by atoms with Gasteiger partial charge in [0.05, 0.1) is 15.8 Å². The zero-order chi connectivity index (χ0) is 22.5. The maximum Gasteiger partial charge on any atom is 0.250 e. The van der Waals surface area contributed by atoms with E-state index in [-0.39, 0.29) is 11.7 Å². The van der Waals surface area contributed by atoms with E-state index >= 15 is 0 Å². The molecule has 0 aliphatic heterocycles. The molecular formula is C23H20BrN5OS2. The first kappa shape index (κ1) is 22.4. The zero-order valence-corrected chi connectivity index (χ0v) is 20.7. The summed E-state index contributed by atoms with van der Waals surface area (Å²) in [7, 11) is 0. The number of nitrogens with one attached hydrogen (secondary N) is 1. The Morgan fingerprint density at radius 1 is 1.06 bits per heavy atom. The number of hydrogen-bond acceptors (Lipinski definition) is 6. The SMILES string of the molecule is Cc1ccc(-c2nnc(SCC(=O)NN=Cc3ccc(Br)s3)n2-c2ccc(C)cc2)cc1. The number of thioether (sulfide) groups is 1. The number of carbonyl (C=O) groups excluding carboxylic acids is 1. The van der Waals surface area contributed by atoms with Crippen molar-refractivity contribution in [3.63, 3.8) is 0 Å². The van der Waals surface area contributed by atoms with Crippen molar-refractivity contribution in [2.75, 3.05) is 5.75 Å². The van der Waals surface area contributed by atoms with Gasteiger partial charge in [-0.25, -0.2) is 5.43 Å². The van der Waals surface area contributed by atoms with Gasteiger partial charge in [-0.3, -0.25) is 9.36 Å². The second-order valence-corrected chi connectivity index (χ2v) is 10.5. The number of halogens is 1. The van der Waals surface area contributed by atoms with Crippen LogP contribution in [0.1, 0.15) is 16.0 Å². The first-order valence-corrected chi connectivity index (χ1v) is 12.4. The Labute approximate surface area is 202 Å². The topological polar surface area (TPSA) is 72.2 Å². The van der Waals surface area contributed by atoms with Crippen LogP contribution in [0.3, 0.4) is 0 Å².